The van der Waals surface area contributed by atoms with Gasteiger partial charge in [-0.25, -0.2) is 4.90 Å². The zero-order valence-corrected chi connectivity index (χ0v) is 20.1. The van der Waals surface area contributed by atoms with Crippen molar-refractivity contribution in [2.45, 2.75) is 39.2 Å². The first kappa shape index (κ1) is 24.0. The molecule has 1 unspecified atom stereocenters. The third-order valence-corrected chi connectivity index (χ3v) is 6.17. The Labute approximate surface area is 204 Å². The van der Waals surface area contributed by atoms with E-state index in [0.717, 1.165) is 27.3 Å². The summed E-state index contributed by atoms with van der Waals surface area (Å²) in [5, 5.41) is 2.74. The van der Waals surface area contributed by atoms with Gasteiger partial charge in [0.05, 0.1) is 24.6 Å². The van der Waals surface area contributed by atoms with Crippen LogP contribution in [-0.4, -0.2) is 30.4 Å². The second kappa shape index (κ2) is 10.0. The highest BCUT2D eigenvalue weighted by Crippen LogP contribution is 2.44. The van der Waals surface area contributed by atoms with Crippen LogP contribution in [0.15, 0.2) is 66.7 Å². The van der Waals surface area contributed by atoms with Crippen molar-refractivity contribution >= 4 is 29.1 Å². The Morgan fingerprint density at radius 2 is 1.77 bits per heavy atom. The molecule has 3 amide bonds. The highest BCUT2D eigenvalue weighted by molar-refractivity contribution is 6.22. The number of anilines is 2. The minimum atomic E-state index is -0.920. The first-order chi connectivity index (χ1) is 16.8. The molecule has 0 saturated carbocycles. The number of carbonyl (C=O) groups is 3. The third-order valence-electron chi connectivity index (χ3n) is 6.17. The van der Waals surface area contributed by atoms with E-state index in [1.165, 1.54) is 0 Å². The summed E-state index contributed by atoms with van der Waals surface area (Å²) in [6.07, 6.45) is 0.101. The monoisotopic (exact) mass is 471 g/mol. The van der Waals surface area contributed by atoms with Crippen LogP contribution in [0.5, 0.6) is 5.75 Å². The van der Waals surface area contributed by atoms with Crippen LogP contribution in [0.3, 0.4) is 0 Å². The molecule has 1 aliphatic rings. The number of hydrogen-bond acceptors (Lipinski definition) is 5. The van der Waals surface area contributed by atoms with Gasteiger partial charge in [0.2, 0.25) is 11.8 Å². The standard InChI is InChI=1S/C28H29N3O4/c1-4-35-20-14-12-19(13-15-20)16-25(32)30-18(3)28(34)31-24-11-7-10-23(29)26(24)22-9-6-5-8-21(22)17(2)27(31)33/h5-15,17-18H,4,16,29H2,1-3H3,(H,30,32)/t17?,18-/m0/s1. The molecule has 0 saturated heterocycles. The SMILES string of the molecule is CCOc1ccc(CC(=O)N[C@@H](C)C(=O)N2C(=O)C(C)c3ccccc3-c3c(N)cccc32)cc1. The maximum atomic E-state index is 13.6. The highest BCUT2D eigenvalue weighted by Gasteiger charge is 2.37. The third kappa shape index (κ3) is 4.75. The van der Waals surface area contributed by atoms with Crippen LogP contribution in [0, 0.1) is 0 Å². The van der Waals surface area contributed by atoms with E-state index in [-0.39, 0.29) is 18.2 Å². The summed E-state index contributed by atoms with van der Waals surface area (Å²) in [7, 11) is 0. The zero-order valence-electron chi connectivity index (χ0n) is 20.1. The first-order valence-electron chi connectivity index (χ1n) is 11.7. The smallest absolute Gasteiger partial charge is 0.256 e. The minimum Gasteiger partial charge on any atom is -0.494 e. The van der Waals surface area contributed by atoms with Crippen molar-refractivity contribution in [3.05, 3.63) is 77.9 Å². The molecule has 2 atom stereocenters. The lowest BCUT2D eigenvalue weighted by atomic mass is 9.92. The van der Waals surface area contributed by atoms with Crippen LogP contribution in [0.4, 0.5) is 11.4 Å². The molecule has 1 heterocycles. The number of imide groups is 1. The van der Waals surface area contributed by atoms with Gasteiger partial charge in [-0.1, -0.05) is 42.5 Å². The second-order valence-electron chi connectivity index (χ2n) is 8.61. The average Bonchev–Trinajstić information content (AvgIpc) is 2.94. The Bertz CT molecular complexity index is 1270. The van der Waals surface area contributed by atoms with E-state index in [4.69, 9.17) is 10.5 Å². The largest absolute Gasteiger partial charge is 0.494 e. The number of fused-ring (bicyclic) bond motifs is 3. The van der Waals surface area contributed by atoms with E-state index in [9.17, 15) is 14.4 Å². The Morgan fingerprint density at radius 1 is 1.06 bits per heavy atom. The first-order valence-corrected chi connectivity index (χ1v) is 11.7. The molecule has 7 nitrogen and oxygen atoms in total. The van der Waals surface area contributed by atoms with Crippen molar-refractivity contribution in [1.82, 2.24) is 5.32 Å². The van der Waals surface area contributed by atoms with Gasteiger partial charge in [0.1, 0.15) is 11.8 Å². The van der Waals surface area contributed by atoms with Crippen molar-refractivity contribution in [2.24, 2.45) is 0 Å². The van der Waals surface area contributed by atoms with Crippen LogP contribution >= 0.6 is 0 Å². The van der Waals surface area contributed by atoms with Gasteiger partial charge in [0.15, 0.2) is 0 Å². The molecule has 7 heteroatoms. The lowest BCUT2D eigenvalue weighted by Crippen LogP contribution is -2.50. The summed E-state index contributed by atoms with van der Waals surface area (Å²) in [6, 6.07) is 19.0. The Hall–Kier alpha value is -4.13. The average molecular weight is 472 g/mol. The van der Waals surface area contributed by atoms with Gasteiger partial charge < -0.3 is 15.8 Å². The van der Waals surface area contributed by atoms with Crippen molar-refractivity contribution in [3.63, 3.8) is 0 Å². The number of nitrogens with two attached hydrogens (primary N) is 1. The number of benzene rings is 3. The summed E-state index contributed by atoms with van der Waals surface area (Å²) in [4.78, 5) is 41.0. The van der Waals surface area contributed by atoms with E-state index in [1.807, 2.05) is 43.3 Å². The van der Waals surface area contributed by atoms with E-state index in [2.05, 4.69) is 5.32 Å². The Balaban J connectivity index is 1.58. The van der Waals surface area contributed by atoms with Crippen LogP contribution in [0.1, 0.15) is 37.8 Å². The van der Waals surface area contributed by atoms with Crippen molar-refractivity contribution in [1.29, 1.82) is 0 Å². The summed E-state index contributed by atoms with van der Waals surface area (Å²) in [6.45, 7) is 5.83. The molecule has 0 spiro atoms. The molecule has 0 fully saturated rings. The van der Waals surface area contributed by atoms with Crippen LogP contribution in [0.25, 0.3) is 11.1 Å². The quantitative estimate of drug-likeness (QED) is 0.528. The topological polar surface area (TPSA) is 102 Å². The Kier molecular flexibility index (Phi) is 6.87. The molecule has 0 aromatic heterocycles. The number of ether oxygens (including phenoxy) is 1. The zero-order chi connectivity index (χ0) is 25.1. The lowest BCUT2D eigenvalue weighted by Gasteiger charge is -2.26. The maximum Gasteiger partial charge on any atom is 0.256 e. The molecular weight excluding hydrogens is 442 g/mol. The van der Waals surface area contributed by atoms with Crippen molar-refractivity contribution in [3.8, 4) is 16.9 Å². The summed E-state index contributed by atoms with van der Waals surface area (Å²) < 4.78 is 5.43. The van der Waals surface area contributed by atoms with Crippen LogP contribution in [-0.2, 0) is 20.8 Å². The molecule has 1 aliphatic heterocycles. The fourth-order valence-corrected chi connectivity index (χ4v) is 4.42. The fraction of sp³-hybridized carbons (Fsp3) is 0.250. The maximum absolute atomic E-state index is 13.6. The summed E-state index contributed by atoms with van der Waals surface area (Å²) in [5.41, 5.74) is 10.3. The van der Waals surface area contributed by atoms with Crippen LogP contribution < -0.4 is 20.7 Å². The van der Waals surface area contributed by atoms with Gasteiger partial charge in [-0.2, -0.15) is 0 Å². The van der Waals surface area contributed by atoms with Gasteiger partial charge in [0.25, 0.3) is 5.91 Å². The van der Waals surface area contributed by atoms with E-state index < -0.39 is 17.9 Å². The second-order valence-corrected chi connectivity index (χ2v) is 8.61. The van der Waals surface area contributed by atoms with Gasteiger partial charge in [-0.3, -0.25) is 14.4 Å². The number of amides is 3. The molecule has 35 heavy (non-hydrogen) atoms. The lowest BCUT2D eigenvalue weighted by molar-refractivity contribution is -0.131. The van der Waals surface area contributed by atoms with Crippen molar-refractivity contribution in [2.75, 3.05) is 17.2 Å². The highest BCUT2D eigenvalue weighted by atomic mass is 16.5. The van der Waals surface area contributed by atoms with Gasteiger partial charge in [-0.05, 0) is 61.7 Å². The molecule has 0 radical (unpaired) electrons. The van der Waals surface area contributed by atoms with Gasteiger partial charge in [0, 0.05) is 11.3 Å². The molecule has 4 rings (SSSR count). The number of rotatable bonds is 6. The minimum absolute atomic E-state index is 0.101. The number of nitrogen functional groups attached to an aromatic ring is 1. The van der Waals surface area contributed by atoms with E-state index in [0.29, 0.717) is 23.5 Å². The van der Waals surface area contributed by atoms with Crippen molar-refractivity contribution < 1.29 is 19.1 Å². The summed E-state index contributed by atoms with van der Waals surface area (Å²) >= 11 is 0. The molecule has 180 valence electrons. The Morgan fingerprint density at radius 3 is 2.49 bits per heavy atom. The molecule has 3 aromatic rings. The van der Waals surface area contributed by atoms with E-state index in [1.54, 1.807) is 44.2 Å². The number of hydrogen-bond donors (Lipinski definition) is 2. The molecular formula is C28H29N3O4. The predicted molar refractivity (Wildman–Crippen MR) is 136 cm³/mol. The molecule has 0 bridgehead atoms. The van der Waals surface area contributed by atoms with Crippen LogP contribution in [0.2, 0.25) is 0 Å². The molecule has 0 aliphatic carbocycles. The van der Waals surface area contributed by atoms with Gasteiger partial charge >= 0.3 is 0 Å². The van der Waals surface area contributed by atoms with Gasteiger partial charge in [-0.15, -0.1) is 0 Å². The fourth-order valence-electron chi connectivity index (χ4n) is 4.42. The number of nitrogens with zero attached hydrogens (tertiary/aromatic N) is 1. The number of carbonyl (C=O) groups excluding carboxylic acids is 3. The predicted octanol–water partition coefficient (Wildman–Crippen LogP) is 4.06. The normalized spacial score (nSPS) is 15.5. The molecule has 3 aromatic carbocycles. The summed E-state index contributed by atoms with van der Waals surface area (Å²) in [5.74, 6) is -1.02. The van der Waals surface area contributed by atoms with E-state index >= 15 is 0 Å². The molecule has 3 N–H and O–H groups in total. The number of nitrogens with one attached hydrogen (secondary N) is 1.